The zero-order valence-electron chi connectivity index (χ0n) is 6.58. The molecule has 0 aromatic rings. The molecule has 1 aliphatic heterocycles. The van der Waals surface area contributed by atoms with Gasteiger partial charge in [0.05, 0.1) is 13.2 Å². The van der Waals surface area contributed by atoms with E-state index in [0.29, 0.717) is 19.6 Å². The van der Waals surface area contributed by atoms with E-state index in [1.54, 1.807) is 6.92 Å². The fraction of sp³-hybridized carbons (Fsp3) is 0.625. The topological polar surface area (TPSA) is 35.5 Å². The molecule has 0 amide bonds. The van der Waals surface area contributed by atoms with Gasteiger partial charge < -0.3 is 9.47 Å². The summed E-state index contributed by atoms with van der Waals surface area (Å²) in [5.41, 5.74) is 0. The van der Waals surface area contributed by atoms with Crippen molar-refractivity contribution in [3.63, 3.8) is 0 Å². The van der Waals surface area contributed by atoms with Gasteiger partial charge in [-0.25, -0.2) is 4.79 Å². The van der Waals surface area contributed by atoms with Crippen LogP contribution in [0.5, 0.6) is 0 Å². The van der Waals surface area contributed by atoms with E-state index in [4.69, 9.17) is 9.47 Å². The van der Waals surface area contributed by atoms with E-state index in [0.717, 1.165) is 0 Å². The maximum atomic E-state index is 11.0. The lowest BCUT2D eigenvalue weighted by Gasteiger charge is -2.16. The van der Waals surface area contributed by atoms with Crippen LogP contribution >= 0.6 is 0 Å². The molecule has 62 valence electrons. The molecule has 0 unspecified atom stereocenters. The second kappa shape index (κ2) is 4.13. The lowest BCUT2D eigenvalue weighted by atomic mass is 10.2. The monoisotopic (exact) mass is 156 g/mol. The Balaban J connectivity index is 2.34. The van der Waals surface area contributed by atoms with Crippen LogP contribution in [0.4, 0.5) is 0 Å². The van der Waals surface area contributed by atoms with Crippen molar-refractivity contribution in [3.8, 4) is 0 Å². The van der Waals surface area contributed by atoms with Gasteiger partial charge in [-0.1, -0.05) is 12.2 Å². The summed E-state index contributed by atoms with van der Waals surface area (Å²) in [6.45, 7) is 2.72. The van der Waals surface area contributed by atoms with Crippen LogP contribution in [-0.2, 0) is 14.3 Å². The number of ether oxygens (including phenoxy) is 2. The minimum Gasteiger partial charge on any atom is -0.464 e. The molecule has 1 rings (SSSR count). The van der Waals surface area contributed by atoms with Gasteiger partial charge in [0.2, 0.25) is 0 Å². The lowest BCUT2D eigenvalue weighted by molar-refractivity contribution is -0.156. The molecular weight excluding hydrogens is 144 g/mol. The van der Waals surface area contributed by atoms with Crippen molar-refractivity contribution in [3.05, 3.63) is 12.2 Å². The molecule has 0 N–H and O–H groups in total. The highest BCUT2D eigenvalue weighted by Gasteiger charge is 2.19. The molecule has 0 fully saturated rings. The van der Waals surface area contributed by atoms with Gasteiger partial charge in [-0.15, -0.1) is 0 Å². The van der Waals surface area contributed by atoms with E-state index < -0.39 is 0 Å². The van der Waals surface area contributed by atoms with Crippen molar-refractivity contribution >= 4 is 5.97 Å². The maximum absolute atomic E-state index is 11.0. The standard InChI is InChI=1S/C8H12O3/c1-2-10-8(9)7-5-3-4-6-11-7/h3-4,7H,2,5-6H2,1H3/t7-/m0/s1. The van der Waals surface area contributed by atoms with E-state index >= 15 is 0 Å². The third kappa shape index (κ3) is 2.35. The molecule has 0 aromatic heterocycles. The van der Waals surface area contributed by atoms with Crippen molar-refractivity contribution in [2.45, 2.75) is 19.4 Å². The second-order valence-corrected chi connectivity index (χ2v) is 2.28. The smallest absolute Gasteiger partial charge is 0.335 e. The maximum Gasteiger partial charge on any atom is 0.335 e. The van der Waals surface area contributed by atoms with Crippen molar-refractivity contribution in [2.75, 3.05) is 13.2 Å². The molecule has 0 aliphatic carbocycles. The molecule has 0 saturated heterocycles. The van der Waals surface area contributed by atoms with Crippen LogP contribution in [-0.4, -0.2) is 25.3 Å². The third-order valence-electron chi connectivity index (χ3n) is 1.46. The highest BCUT2D eigenvalue weighted by molar-refractivity contribution is 5.75. The summed E-state index contributed by atoms with van der Waals surface area (Å²) in [7, 11) is 0. The zero-order valence-corrected chi connectivity index (χ0v) is 6.58. The van der Waals surface area contributed by atoms with E-state index in [9.17, 15) is 4.79 Å². The summed E-state index contributed by atoms with van der Waals surface area (Å²) in [6, 6.07) is 0. The van der Waals surface area contributed by atoms with Crippen molar-refractivity contribution < 1.29 is 14.3 Å². The Kier molecular flexibility index (Phi) is 3.11. The first-order valence-electron chi connectivity index (χ1n) is 3.78. The van der Waals surface area contributed by atoms with Gasteiger partial charge in [0.1, 0.15) is 0 Å². The number of carbonyl (C=O) groups excluding carboxylic acids is 1. The molecule has 1 aliphatic rings. The molecule has 0 bridgehead atoms. The minimum absolute atomic E-state index is 0.253. The largest absolute Gasteiger partial charge is 0.464 e. The van der Waals surface area contributed by atoms with Crippen LogP contribution in [0.15, 0.2) is 12.2 Å². The van der Waals surface area contributed by atoms with Crippen LogP contribution in [0.25, 0.3) is 0 Å². The number of hydrogen-bond acceptors (Lipinski definition) is 3. The summed E-state index contributed by atoms with van der Waals surface area (Å²) in [5.74, 6) is -0.253. The fourth-order valence-corrected chi connectivity index (χ4v) is 0.927. The number of rotatable bonds is 2. The van der Waals surface area contributed by atoms with E-state index in [2.05, 4.69) is 0 Å². The number of hydrogen-bond donors (Lipinski definition) is 0. The van der Waals surface area contributed by atoms with Gasteiger partial charge in [-0.05, 0) is 6.92 Å². The molecule has 1 heterocycles. The van der Waals surface area contributed by atoms with E-state index in [1.165, 1.54) is 0 Å². The van der Waals surface area contributed by atoms with Crippen molar-refractivity contribution in [1.29, 1.82) is 0 Å². The Morgan fingerprint density at radius 1 is 1.73 bits per heavy atom. The molecule has 0 spiro atoms. The van der Waals surface area contributed by atoms with Crippen molar-refractivity contribution in [1.82, 2.24) is 0 Å². The average Bonchev–Trinajstić information content (AvgIpc) is 2.07. The summed E-state index contributed by atoms with van der Waals surface area (Å²) in [4.78, 5) is 11.0. The quantitative estimate of drug-likeness (QED) is 0.440. The van der Waals surface area contributed by atoms with Crippen LogP contribution < -0.4 is 0 Å². The van der Waals surface area contributed by atoms with Gasteiger partial charge in [0, 0.05) is 6.42 Å². The first-order valence-corrected chi connectivity index (χ1v) is 3.78. The molecule has 0 saturated carbocycles. The Labute approximate surface area is 66.0 Å². The third-order valence-corrected chi connectivity index (χ3v) is 1.46. The van der Waals surface area contributed by atoms with Gasteiger partial charge in [-0.2, -0.15) is 0 Å². The summed E-state index contributed by atoms with van der Waals surface area (Å²) in [5, 5.41) is 0. The molecule has 3 nitrogen and oxygen atoms in total. The average molecular weight is 156 g/mol. The molecule has 3 heteroatoms. The van der Waals surface area contributed by atoms with Gasteiger partial charge in [0.15, 0.2) is 6.10 Å². The lowest BCUT2D eigenvalue weighted by Crippen LogP contribution is -2.27. The van der Waals surface area contributed by atoms with Crippen LogP contribution in [0.3, 0.4) is 0 Å². The minimum atomic E-state index is -0.375. The molecular formula is C8H12O3. The molecule has 0 aromatic carbocycles. The Morgan fingerprint density at radius 3 is 3.09 bits per heavy atom. The van der Waals surface area contributed by atoms with Crippen LogP contribution in [0.2, 0.25) is 0 Å². The van der Waals surface area contributed by atoms with Gasteiger partial charge in [-0.3, -0.25) is 0 Å². The number of esters is 1. The SMILES string of the molecule is CCOC(=O)[C@@H]1CC=CCO1. The predicted octanol–water partition coefficient (Wildman–Crippen LogP) is 0.895. The molecule has 11 heavy (non-hydrogen) atoms. The highest BCUT2D eigenvalue weighted by atomic mass is 16.6. The van der Waals surface area contributed by atoms with Crippen LogP contribution in [0.1, 0.15) is 13.3 Å². The summed E-state index contributed by atoms with van der Waals surface area (Å²) in [6.07, 6.45) is 4.10. The molecule has 1 atom stereocenters. The Bertz CT molecular complexity index is 163. The Hall–Kier alpha value is -0.830. The first kappa shape index (κ1) is 8.27. The van der Waals surface area contributed by atoms with Gasteiger partial charge in [0.25, 0.3) is 0 Å². The van der Waals surface area contributed by atoms with Crippen molar-refractivity contribution in [2.24, 2.45) is 0 Å². The van der Waals surface area contributed by atoms with Crippen LogP contribution in [0, 0.1) is 0 Å². The highest BCUT2D eigenvalue weighted by Crippen LogP contribution is 2.07. The first-order chi connectivity index (χ1) is 5.34. The normalized spacial score (nSPS) is 23.2. The van der Waals surface area contributed by atoms with E-state index in [1.807, 2.05) is 12.2 Å². The Morgan fingerprint density at radius 2 is 2.55 bits per heavy atom. The summed E-state index contributed by atoms with van der Waals surface area (Å²) < 4.78 is 9.91. The number of carbonyl (C=O) groups is 1. The predicted molar refractivity (Wildman–Crippen MR) is 40.1 cm³/mol. The molecule has 0 radical (unpaired) electrons. The second-order valence-electron chi connectivity index (χ2n) is 2.28. The van der Waals surface area contributed by atoms with E-state index in [-0.39, 0.29) is 12.1 Å². The summed E-state index contributed by atoms with van der Waals surface area (Å²) >= 11 is 0. The fourth-order valence-electron chi connectivity index (χ4n) is 0.927. The zero-order chi connectivity index (χ0) is 8.10. The van der Waals surface area contributed by atoms with Gasteiger partial charge >= 0.3 is 5.97 Å².